The molecular weight excluding hydrogens is 289 g/mol. The number of hydrogen-bond donors (Lipinski definition) is 1. The first-order valence-corrected chi connectivity index (χ1v) is 6.11. The molecule has 0 aliphatic carbocycles. The van der Waals surface area contributed by atoms with Gasteiger partial charge in [0, 0.05) is 30.9 Å². The molecule has 0 atom stereocenters. The maximum absolute atomic E-state index is 13.1. The summed E-state index contributed by atoms with van der Waals surface area (Å²) in [5.74, 6) is -0.141. The van der Waals surface area contributed by atoms with Gasteiger partial charge < -0.3 is 14.7 Å². The predicted octanol–water partition coefficient (Wildman–Crippen LogP) is 2.88. The van der Waals surface area contributed by atoms with E-state index in [-0.39, 0.29) is 24.5 Å². The predicted molar refractivity (Wildman–Crippen MR) is 68.0 cm³/mol. The largest absolute Gasteiger partial charge is 0.481 e. The number of hydrogen-bond acceptors (Lipinski definition) is 3. The fourth-order valence-electron chi connectivity index (χ4n) is 2.14. The minimum absolute atomic E-state index is 0.0909. The van der Waals surface area contributed by atoms with Gasteiger partial charge in [-0.25, -0.2) is 9.78 Å². The van der Waals surface area contributed by atoms with Gasteiger partial charge in [0.05, 0.1) is 12.7 Å². The summed E-state index contributed by atoms with van der Waals surface area (Å²) in [6, 6.07) is 0.815. The minimum Gasteiger partial charge on any atom is -0.481 e. The summed E-state index contributed by atoms with van der Waals surface area (Å²) in [7, 11) is 1.23. The van der Waals surface area contributed by atoms with Crippen LogP contribution in [0.4, 0.5) is 18.0 Å². The van der Waals surface area contributed by atoms with Crippen LogP contribution in [0.25, 0.3) is 5.57 Å². The number of carboxylic acid groups (broad SMARTS) is 1. The van der Waals surface area contributed by atoms with Gasteiger partial charge in [-0.3, -0.25) is 0 Å². The molecule has 0 fully saturated rings. The molecule has 114 valence electrons. The third kappa shape index (κ3) is 3.26. The normalized spacial score (nSPS) is 15.6. The monoisotopic (exact) mass is 302 g/mol. The van der Waals surface area contributed by atoms with Gasteiger partial charge in [-0.05, 0) is 12.0 Å². The summed E-state index contributed by atoms with van der Waals surface area (Å²) >= 11 is 0. The standard InChI is InChI=1S/C13H13F3N2O3/c1-21-11-5-10(13(14,15)16)9(6-17-11)8-3-2-4-18(7-8)12(19)20/h3,5-6H,2,4,7H2,1H3,(H,19,20). The van der Waals surface area contributed by atoms with Crippen molar-refractivity contribution in [3.8, 4) is 5.88 Å². The summed E-state index contributed by atoms with van der Waals surface area (Å²) < 4.78 is 44.1. The molecule has 0 spiro atoms. The summed E-state index contributed by atoms with van der Waals surface area (Å²) in [5, 5.41) is 8.96. The SMILES string of the molecule is COc1cc(C(F)(F)F)c(C2=CCCN(C(=O)O)C2)cn1. The number of aromatic nitrogens is 1. The molecule has 1 amide bonds. The zero-order valence-electron chi connectivity index (χ0n) is 11.1. The van der Waals surface area contributed by atoms with E-state index in [4.69, 9.17) is 9.84 Å². The van der Waals surface area contributed by atoms with E-state index in [0.717, 1.165) is 17.2 Å². The van der Waals surface area contributed by atoms with Gasteiger partial charge in [-0.15, -0.1) is 0 Å². The van der Waals surface area contributed by atoms with Crippen molar-refractivity contribution in [3.05, 3.63) is 29.5 Å². The average Bonchev–Trinajstić information content (AvgIpc) is 2.45. The quantitative estimate of drug-likeness (QED) is 0.912. The summed E-state index contributed by atoms with van der Waals surface area (Å²) in [6.07, 6.45) is -2.68. The molecule has 0 bridgehead atoms. The first kappa shape index (κ1) is 15.1. The van der Waals surface area contributed by atoms with Gasteiger partial charge >= 0.3 is 12.3 Å². The lowest BCUT2D eigenvalue weighted by molar-refractivity contribution is -0.138. The van der Waals surface area contributed by atoms with E-state index in [2.05, 4.69) is 4.98 Å². The Hall–Kier alpha value is -2.25. The van der Waals surface area contributed by atoms with E-state index in [9.17, 15) is 18.0 Å². The molecule has 1 aromatic heterocycles. The average molecular weight is 302 g/mol. The number of carbonyl (C=O) groups is 1. The highest BCUT2D eigenvalue weighted by Gasteiger charge is 2.35. The Balaban J connectivity index is 2.44. The highest BCUT2D eigenvalue weighted by Crippen LogP contribution is 2.37. The van der Waals surface area contributed by atoms with Crippen LogP contribution < -0.4 is 4.74 Å². The van der Waals surface area contributed by atoms with Gasteiger partial charge in [0.25, 0.3) is 0 Å². The second-order valence-corrected chi connectivity index (χ2v) is 4.49. The third-order valence-corrected chi connectivity index (χ3v) is 3.16. The van der Waals surface area contributed by atoms with Crippen molar-refractivity contribution in [2.24, 2.45) is 0 Å². The highest BCUT2D eigenvalue weighted by atomic mass is 19.4. The van der Waals surface area contributed by atoms with Crippen LogP contribution in [0, 0.1) is 0 Å². The molecule has 0 radical (unpaired) electrons. The van der Waals surface area contributed by atoms with Gasteiger partial charge in [0.15, 0.2) is 0 Å². The summed E-state index contributed by atoms with van der Waals surface area (Å²) in [4.78, 5) is 15.8. The van der Waals surface area contributed by atoms with E-state index in [1.54, 1.807) is 6.08 Å². The first-order chi connectivity index (χ1) is 9.82. The first-order valence-electron chi connectivity index (χ1n) is 6.11. The molecule has 1 aliphatic heterocycles. The second kappa shape index (κ2) is 5.63. The van der Waals surface area contributed by atoms with Crippen molar-refractivity contribution in [2.75, 3.05) is 20.2 Å². The van der Waals surface area contributed by atoms with E-state index in [0.29, 0.717) is 12.0 Å². The molecule has 0 aromatic carbocycles. The fraction of sp³-hybridized carbons (Fsp3) is 0.385. The molecule has 0 unspecified atom stereocenters. The molecule has 8 heteroatoms. The zero-order chi connectivity index (χ0) is 15.6. The van der Waals surface area contributed by atoms with Crippen LogP contribution in [0.5, 0.6) is 5.88 Å². The lowest BCUT2D eigenvalue weighted by Crippen LogP contribution is -2.34. The molecule has 1 aliphatic rings. The van der Waals surface area contributed by atoms with Gasteiger partial charge in [0.2, 0.25) is 5.88 Å². The Kier molecular flexibility index (Phi) is 4.06. The smallest absolute Gasteiger partial charge is 0.417 e. The lowest BCUT2D eigenvalue weighted by Gasteiger charge is -2.26. The van der Waals surface area contributed by atoms with Crippen LogP contribution in [0.15, 0.2) is 18.3 Å². The van der Waals surface area contributed by atoms with E-state index in [1.807, 2.05) is 0 Å². The van der Waals surface area contributed by atoms with E-state index >= 15 is 0 Å². The van der Waals surface area contributed by atoms with E-state index < -0.39 is 17.8 Å². The number of nitrogens with zero attached hydrogens (tertiary/aromatic N) is 2. The zero-order valence-corrected chi connectivity index (χ0v) is 11.1. The van der Waals surface area contributed by atoms with Gasteiger partial charge in [0.1, 0.15) is 0 Å². The highest BCUT2D eigenvalue weighted by molar-refractivity contribution is 5.75. The van der Waals surface area contributed by atoms with Crippen LogP contribution in [-0.4, -0.2) is 41.3 Å². The van der Waals surface area contributed by atoms with Crippen LogP contribution in [0.3, 0.4) is 0 Å². The molecule has 5 nitrogen and oxygen atoms in total. The topological polar surface area (TPSA) is 62.7 Å². The Bertz CT molecular complexity index is 585. The van der Waals surface area contributed by atoms with Crippen molar-refractivity contribution in [3.63, 3.8) is 0 Å². The molecule has 1 aromatic rings. The number of pyridine rings is 1. The molecule has 0 saturated heterocycles. The van der Waals surface area contributed by atoms with Crippen molar-refractivity contribution in [1.82, 2.24) is 9.88 Å². The number of amides is 1. The minimum atomic E-state index is -4.57. The molecule has 2 heterocycles. The summed E-state index contributed by atoms with van der Waals surface area (Å²) in [5.41, 5.74) is -0.701. The lowest BCUT2D eigenvalue weighted by atomic mass is 9.98. The van der Waals surface area contributed by atoms with Gasteiger partial charge in [-0.1, -0.05) is 6.08 Å². The van der Waals surface area contributed by atoms with Crippen molar-refractivity contribution >= 4 is 11.7 Å². The number of halogens is 3. The van der Waals surface area contributed by atoms with Crippen molar-refractivity contribution in [1.29, 1.82) is 0 Å². The van der Waals surface area contributed by atoms with Crippen LogP contribution in [0.1, 0.15) is 17.5 Å². The Morgan fingerprint density at radius 3 is 2.76 bits per heavy atom. The van der Waals surface area contributed by atoms with Crippen LogP contribution >= 0.6 is 0 Å². The third-order valence-electron chi connectivity index (χ3n) is 3.16. The van der Waals surface area contributed by atoms with Crippen molar-refractivity contribution < 1.29 is 27.8 Å². The molecule has 21 heavy (non-hydrogen) atoms. The van der Waals surface area contributed by atoms with Crippen molar-refractivity contribution in [2.45, 2.75) is 12.6 Å². The maximum atomic E-state index is 13.1. The Morgan fingerprint density at radius 1 is 1.48 bits per heavy atom. The number of methoxy groups -OCH3 is 1. The second-order valence-electron chi connectivity index (χ2n) is 4.49. The maximum Gasteiger partial charge on any atom is 0.417 e. The van der Waals surface area contributed by atoms with Crippen LogP contribution in [-0.2, 0) is 6.18 Å². The number of alkyl halides is 3. The number of ether oxygens (including phenoxy) is 1. The molecule has 0 saturated carbocycles. The molecular formula is C13H13F3N2O3. The van der Waals surface area contributed by atoms with Crippen LogP contribution in [0.2, 0.25) is 0 Å². The molecule has 2 rings (SSSR count). The fourth-order valence-corrected chi connectivity index (χ4v) is 2.14. The van der Waals surface area contributed by atoms with Gasteiger partial charge in [-0.2, -0.15) is 13.2 Å². The molecule has 1 N–H and O–H groups in total. The Labute approximate surface area is 118 Å². The number of rotatable bonds is 2. The summed E-state index contributed by atoms with van der Waals surface area (Å²) in [6.45, 7) is 0.177. The van der Waals surface area contributed by atoms with E-state index in [1.165, 1.54) is 7.11 Å². The Morgan fingerprint density at radius 2 is 2.19 bits per heavy atom.